The first-order chi connectivity index (χ1) is 15.3. The Labute approximate surface area is 188 Å². The largest absolute Gasteiger partial charge is 0.479 e. The molecule has 0 aliphatic heterocycles. The molecule has 4 N–H and O–H groups in total. The fourth-order valence-electron chi connectivity index (χ4n) is 3.33. The zero-order chi connectivity index (χ0) is 23.3. The van der Waals surface area contributed by atoms with Gasteiger partial charge in [-0.15, -0.1) is 0 Å². The second-order valence-corrected chi connectivity index (χ2v) is 7.57. The second kappa shape index (κ2) is 10.1. The Morgan fingerprint density at radius 2 is 1.56 bits per heavy atom. The van der Waals surface area contributed by atoms with Crippen LogP contribution in [0.3, 0.4) is 0 Å². The fraction of sp³-hybridized carbons (Fsp3) is 0.125. The highest BCUT2D eigenvalue weighted by molar-refractivity contribution is 6.31. The number of nitrogens with one attached hydrogen (secondary N) is 1. The van der Waals surface area contributed by atoms with E-state index in [1.165, 1.54) is 24.3 Å². The maximum absolute atomic E-state index is 12.9. The van der Waals surface area contributed by atoms with Crippen molar-refractivity contribution in [2.75, 3.05) is 0 Å². The van der Waals surface area contributed by atoms with Crippen molar-refractivity contribution >= 4 is 29.4 Å². The molecule has 0 radical (unpaired) electrons. The van der Waals surface area contributed by atoms with E-state index < -0.39 is 30.0 Å². The third-order valence-electron chi connectivity index (χ3n) is 4.88. The number of aromatic carboxylic acids is 1. The van der Waals surface area contributed by atoms with Crippen LogP contribution in [0.1, 0.15) is 26.3 Å². The molecule has 0 heterocycles. The predicted molar refractivity (Wildman–Crippen MR) is 119 cm³/mol. The van der Waals surface area contributed by atoms with E-state index in [-0.39, 0.29) is 22.6 Å². The number of rotatable bonds is 8. The summed E-state index contributed by atoms with van der Waals surface area (Å²) < 4.78 is 0. The van der Waals surface area contributed by atoms with Crippen LogP contribution >= 0.6 is 11.6 Å². The number of carboxylic acid groups (broad SMARTS) is 2. The van der Waals surface area contributed by atoms with Gasteiger partial charge in [0.15, 0.2) is 6.10 Å². The number of carboxylic acids is 2. The molecule has 0 aromatic heterocycles. The van der Waals surface area contributed by atoms with Crippen LogP contribution in [0.4, 0.5) is 0 Å². The van der Waals surface area contributed by atoms with Gasteiger partial charge >= 0.3 is 11.9 Å². The van der Waals surface area contributed by atoms with Crippen molar-refractivity contribution in [3.05, 3.63) is 94.5 Å². The molecule has 0 aliphatic carbocycles. The van der Waals surface area contributed by atoms with Crippen molar-refractivity contribution in [2.45, 2.75) is 18.6 Å². The van der Waals surface area contributed by atoms with Crippen LogP contribution in [-0.4, -0.2) is 45.3 Å². The Morgan fingerprint density at radius 3 is 2.22 bits per heavy atom. The van der Waals surface area contributed by atoms with Gasteiger partial charge in [0.05, 0.1) is 11.6 Å². The fourth-order valence-corrected chi connectivity index (χ4v) is 3.57. The zero-order valence-electron chi connectivity index (χ0n) is 16.7. The van der Waals surface area contributed by atoms with E-state index in [1.807, 2.05) is 0 Å². The molecule has 0 spiro atoms. The van der Waals surface area contributed by atoms with Crippen LogP contribution < -0.4 is 5.32 Å². The molecule has 164 valence electrons. The first kappa shape index (κ1) is 23.0. The van der Waals surface area contributed by atoms with E-state index in [2.05, 4.69) is 5.32 Å². The molecular formula is C24H20ClNO6. The van der Waals surface area contributed by atoms with Gasteiger partial charge in [-0.25, -0.2) is 9.59 Å². The molecule has 0 fully saturated rings. The van der Waals surface area contributed by atoms with Gasteiger partial charge in [-0.05, 0) is 47.4 Å². The molecule has 3 aromatic carbocycles. The van der Waals surface area contributed by atoms with Crippen LogP contribution in [0, 0.1) is 0 Å². The summed E-state index contributed by atoms with van der Waals surface area (Å²) in [6.07, 6.45) is -1.74. The summed E-state index contributed by atoms with van der Waals surface area (Å²) in [7, 11) is 0. The van der Waals surface area contributed by atoms with Crippen LogP contribution in [0.15, 0.2) is 72.8 Å². The van der Waals surface area contributed by atoms with Crippen molar-refractivity contribution in [1.82, 2.24) is 5.32 Å². The SMILES string of the molecule is O=C(NC(Cc1ccccc1)C(O)C(=O)O)c1cc(Cl)cc(-c2ccccc2C(=O)O)c1. The molecule has 2 atom stereocenters. The highest BCUT2D eigenvalue weighted by atomic mass is 35.5. The first-order valence-corrected chi connectivity index (χ1v) is 10.0. The van der Waals surface area contributed by atoms with E-state index in [9.17, 15) is 29.7 Å². The number of aliphatic hydroxyl groups excluding tert-OH is 1. The van der Waals surface area contributed by atoms with Gasteiger partial charge in [0.25, 0.3) is 5.91 Å². The number of halogens is 1. The minimum atomic E-state index is -1.83. The number of hydrogen-bond acceptors (Lipinski definition) is 4. The number of amides is 1. The van der Waals surface area contributed by atoms with E-state index >= 15 is 0 Å². The average molecular weight is 454 g/mol. The normalized spacial score (nSPS) is 12.6. The number of carbonyl (C=O) groups excluding carboxylic acids is 1. The lowest BCUT2D eigenvalue weighted by Gasteiger charge is -2.22. The summed E-state index contributed by atoms with van der Waals surface area (Å²) in [5.74, 6) is -3.24. The highest BCUT2D eigenvalue weighted by Crippen LogP contribution is 2.28. The second-order valence-electron chi connectivity index (χ2n) is 7.13. The molecule has 3 rings (SSSR count). The van der Waals surface area contributed by atoms with Gasteiger partial charge in [-0.3, -0.25) is 4.79 Å². The number of hydrogen-bond donors (Lipinski definition) is 4. The number of benzene rings is 3. The lowest BCUT2D eigenvalue weighted by molar-refractivity contribution is -0.148. The topological polar surface area (TPSA) is 124 Å². The Hall–Kier alpha value is -3.68. The summed E-state index contributed by atoms with van der Waals surface area (Å²) in [5, 5.41) is 31.6. The molecule has 32 heavy (non-hydrogen) atoms. The van der Waals surface area contributed by atoms with Crippen molar-refractivity contribution in [2.24, 2.45) is 0 Å². The van der Waals surface area contributed by atoms with Crippen LogP contribution in [0.2, 0.25) is 5.02 Å². The third kappa shape index (κ3) is 5.51. The highest BCUT2D eigenvalue weighted by Gasteiger charge is 2.28. The molecular weight excluding hydrogens is 434 g/mol. The zero-order valence-corrected chi connectivity index (χ0v) is 17.5. The third-order valence-corrected chi connectivity index (χ3v) is 5.10. The molecule has 1 amide bonds. The number of aliphatic carboxylic acids is 1. The Kier molecular flexibility index (Phi) is 7.25. The lowest BCUT2D eigenvalue weighted by atomic mass is 9.97. The number of carbonyl (C=O) groups is 3. The lowest BCUT2D eigenvalue weighted by Crippen LogP contribution is -2.48. The van der Waals surface area contributed by atoms with Crippen molar-refractivity contribution in [1.29, 1.82) is 0 Å². The summed E-state index contributed by atoms with van der Waals surface area (Å²) in [6.45, 7) is 0. The van der Waals surface area contributed by atoms with Crippen LogP contribution in [0.5, 0.6) is 0 Å². The Balaban J connectivity index is 1.92. The van der Waals surface area contributed by atoms with Crippen molar-refractivity contribution < 1.29 is 29.7 Å². The van der Waals surface area contributed by atoms with Gasteiger partial charge in [0, 0.05) is 10.6 Å². The van der Waals surface area contributed by atoms with E-state index in [0.29, 0.717) is 11.1 Å². The molecule has 0 aliphatic rings. The summed E-state index contributed by atoms with van der Waals surface area (Å²) in [6, 6.07) is 18.4. The van der Waals surface area contributed by atoms with Gasteiger partial charge in [0.2, 0.25) is 0 Å². The maximum Gasteiger partial charge on any atom is 0.336 e. The summed E-state index contributed by atoms with van der Waals surface area (Å²) in [4.78, 5) is 35.9. The summed E-state index contributed by atoms with van der Waals surface area (Å²) >= 11 is 6.18. The van der Waals surface area contributed by atoms with Gasteiger partial charge in [0.1, 0.15) is 0 Å². The first-order valence-electron chi connectivity index (χ1n) is 9.65. The standard InChI is InChI=1S/C24H20ClNO6/c25-17-12-15(18-8-4-5-9-19(18)23(29)30)11-16(13-17)22(28)26-20(21(27)24(31)32)10-14-6-2-1-3-7-14/h1-9,11-13,20-21,27H,10H2,(H,26,28)(H,29,30)(H,31,32). The smallest absolute Gasteiger partial charge is 0.336 e. The number of aliphatic hydroxyl groups is 1. The molecule has 0 bridgehead atoms. The Morgan fingerprint density at radius 1 is 0.906 bits per heavy atom. The van der Waals surface area contributed by atoms with Crippen LogP contribution in [0.25, 0.3) is 11.1 Å². The van der Waals surface area contributed by atoms with E-state index in [4.69, 9.17) is 11.6 Å². The van der Waals surface area contributed by atoms with E-state index in [1.54, 1.807) is 48.5 Å². The average Bonchev–Trinajstić information content (AvgIpc) is 2.78. The van der Waals surface area contributed by atoms with Gasteiger partial charge in [-0.2, -0.15) is 0 Å². The molecule has 0 saturated heterocycles. The predicted octanol–water partition coefficient (Wildman–Crippen LogP) is 3.49. The van der Waals surface area contributed by atoms with E-state index in [0.717, 1.165) is 5.56 Å². The van der Waals surface area contributed by atoms with Crippen molar-refractivity contribution in [3.8, 4) is 11.1 Å². The minimum Gasteiger partial charge on any atom is -0.479 e. The molecule has 7 nitrogen and oxygen atoms in total. The van der Waals surface area contributed by atoms with Gasteiger partial charge < -0.3 is 20.6 Å². The molecule has 2 unspecified atom stereocenters. The maximum atomic E-state index is 12.9. The Bertz CT molecular complexity index is 1150. The van der Waals surface area contributed by atoms with Crippen molar-refractivity contribution in [3.63, 3.8) is 0 Å². The molecule has 0 saturated carbocycles. The van der Waals surface area contributed by atoms with Crippen LogP contribution in [-0.2, 0) is 11.2 Å². The molecule has 8 heteroatoms. The monoisotopic (exact) mass is 453 g/mol. The molecule has 3 aromatic rings. The summed E-state index contributed by atoms with van der Waals surface area (Å²) in [5.41, 5.74) is 1.68. The minimum absolute atomic E-state index is 0.0457. The quantitative estimate of drug-likeness (QED) is 0.414. The van der Waals surface area contributed by atoms with Gasteiger partial charge in [-0.1, -0.05) is 60.1 Å².